The van der Waals surface area contributed by atoms with E-state index in [0.717, 1.165) is 50.3 Å². The smallest absolute Gasteiger partial charge is 0.139 e. The molecule has 0 aliphatic rings. The van der Waals surface area contributed by atoms with E-state index in [2.05, 4.69) is 27.9 Å². The van der Waals surface area contributed by atoms with Crippen molar-refractivity contribution in [1.29, 1.82) is 0 Å². The fourth-order valence-electron chi connectivity index (χ4n) is 4.60. The molecule has 0 aliphatic carbocycles. The lowest BCUT2D eigenvalue weighted by atomic mass is 10.0. The molecule has 0 amide bonds. The highest BCUT2D eigenvalue weighted by atomic mass is 35.5. The Bertz CT molecular complexity index is 1670. The summed E-state index contributed by atoms with van der Waals surface area (Å²) in [7, 11) is 0. The number of benzene rings is 4. The second kappa shape index (κ2) is 8.82. The highest BCUT2D eigenvalue weighted by Crippen LogP contribution is 2.40. The number of hydrogen-bond acceptors (Lipinski definition) is 3. The molecule has 5 heteroatoms. The lowest BCUT2D eigenvalue weighted by molar-refractivity contribution is 0.478. The molecule has 4 aromatic carbocycles. The molecule has 2 N–H and O–H groups in total. The molecule has 0 radical (unpaired) electrons. The number of phenols is 1. The topological polar surface area (TPSA) is 49.6 Å². The van der Waals surface area contributed by atoms with Crippen LogP contribution in [0, 0.1) is 0 Å². The van der Waals surface area contributed by atoms with Gasteiger partial charge in [-0.05, 0) is 46.7 Å². The zero-order valence-corrected chi connectivity index (χ0v) is 19.6. The van der Waals surface area contributed by atoms with Crippen LogP contribution in [-0.4, -0.2) is 14.5 Å². The van der Waals surface area contributed by atoms with Gasteiger partial charge in [0.1, 0.15) is 22.9 Å². The van der Waals surface area contributed by atoms with E-state index in [-0.39, 0.29) is 5.75 Å². The summed E-state index contributed by atoms with van der Waals surface area (Å²) in [6.45, 7) is 0.623. The van der Waals surface area contributed by atoms with E-state index in [1.165, 1.54) is 0 Å². The Kier molecular flexibility index (Phi) is 5.36. The third-order valence-corrected chi connectivity index (χ3v) is 6.44. The van der Waals surface area contributed by atoms with Gasteiger partial charge < -0.3 is 10.4 Å². The summed E-state index contributed by atoms with van der Waals surface area (Å²) >= 11 is 6.34. The molecule has 4 nitrogen and oxygen atoms in total. The van der Waals surface area contributed by atoms with Gasteiger partial charge >= 0.3 is 0 Å². The van der Waals surface area contributed by atoms with Gasteiger partial charge in [0.2, 0.25) is 0 Å². The standard InChI is InChI=1S/C30H22ClN3O/c31-23-12-6-11-22(18-23)29-30(32-19-20-8-2-1-3-9-20)34-25(14-7-15-27(34)33-29)28-24-13-5-4-10-21(24)16-17-26(28)35/h1-18,32,35H,19H2. The molecule has 0 saturated heterocycles. The van der Waals surface area contributed by atoms with Crippen molar-refractivity contribution in [3.63, 3.8) is 0 Å². The van der Waals surface area contributed by atoms with Crippen molar-refractivity contribution in [1.82, 2.24) is 9.38 Å². The number of pyridine rings is 1. The van der Waals surface area contributed by atoms with Crippen molar-refractivity contribution in [2.45, 2.75) is 6.54 Å². The predicted molar refractivity (Wildman–Crippen MR) is 144 cm³/mol. The first kappa shape index (κ1) is 21.3. The van der Waals surface area contributed by atoms with E-state index < -0.39 is 0 Å². The van der Waals surface area contributed by atoms with Crippen molar-refractivity contribution in [2.24, 2.45) is 0 Å². The van der Waals surface area contributed by atoms with Crippen LogP contribution < -0.4 is 5.32 Å². The summed E-state index contributed by atoms with van der Waals surface area (Å²) in [5.74, 6) is 1.07. The van der Waals surface area contributed by atoms with Gasteiger partial charge in [-0.1, -0.05) is 90.5 Å². The van der Waals surface area contributed by atoms with E-state index in [4.69, 9.17) is 16.6 Å². The second-order valence-electron chi connectivity index (χ2n) is 8.44. The number of halogens is 1. The van der Waals surface area contributed by atoms with Crippen LogP contribution in [0.2, 0.25) is 5.02 Å². The Morgan fingerprint density at radius 3 is 2.46 bits per heavy atom. The van der Waals surface area contributed by atoms with E-state index in [9.17, 15) is 5.11 Å². The maximum atomic E-state index is 11.0. The molecule has 0 bridgehead atoms. The van der Waals surface area contributed by atoms with Crippen molar-refractivity contribution < 1.29 is 5.11 Å². The SMILES string of the molecule is Oc1ccc2ccccc2c1-c1cccc2nc(-c3cccc(Cl)c3)c(NCc3ccccc3)n12. The fourth-order valence-corrected chi connectivity index (χ4v) is 4.79. The van der Waals surface area contributed by atoms with E-state index >= 15 is 0 Å². The van der Waals surface area contributed by atoms with Gasteiger partial charge in [0.25, 0.3) is 0 Å². The first-order chi connectivity index (χ1) is 17.2. The monoisotopic (exact) mass is 475 g/mol. The summed E-state index contributed by atoms with van der Waals surface area (Å²) in [6.07, 6.45) is 0. The van der Waals surface area contributed by atoms with Gasteiger partial charge in [0, 0.05) is 22.7 Å². The average Bonchev–Trinajstić information content (AvgIpc) is 3.27. The lowest BCUT2D eigenvalue weighted by Gasteiger charge is -2.15. The molecule has 6 aromatic rings. The number of nitrogens with one attached hydrogen (secondary N) is 1. The van der Waals surface area contributed by atoms with Crippen molar-refractivity contribution in [2.75, 3.05) is 5.32 Å². The van der Waals surface area contributed by atoms with Crippen LogP contribution in [-0.2, 0) is 6.54 Å². The maximum absolute atomic E-state index is 11.0. The number of hydrogen-bond donors (Lipinski definition) is 2. The number of nitrogens with zero attached hydrogens (tertiary/aromatic N) is 2. The summed E-state index contributed by atoms with van der Waals surface area (Å²) in [6, 6.07) is 35.7. The first-order valence-electron chi connectivity index (χ1n) is 11.5. The number of anilines is 1. The summed E-state index contributed by atoms with van der Waals surface area (Å²) in [5, 5.41) is 17.3. The van der Waals surface area contributed by atoms with Crippen LogP contribution in [0.1, 0.15) is 5.56 Å². The van der Waals surface area contributed by atoms with E-state index in [1.54, 1.807) is 6.07 Å². The highest BCUT2D eigenvalue weighted by Gasteiger charge is 2.20. The van der Waals surface area contributed by atoms with Crippen molar-refractivity contribution in [3.8, 4) is 28.3 Å². The molecule has 2 aromatic heterocycles. The summed E-state index contributed by atoms with van der Waals surface area (Å²) in [4.78, 5) is 4.99. The number of aromatic nitrogens is 2. The molecule has 0 fully saturated rings. The van der Waals surface area contributed by atoms with E-state index in [0.29, 0.717) is 11.6 Å². The number of phenolic OH excluding ortho intramolecular Hbond substituents is 1. The Morgan fingerprint density at radius 2 is 1.60 bits per heavy atom. The Balaban J connectivity index is 1.62. The summed E-state index contributed by atoms with van der Waals surface area (Å²) < 4.78 is 2.08. The minimum atomic E-state index is 0.225. The minimum Gasteiger partial charge on any atom is -0.507 e. The average molecular weight is 476 g/mol. The Morgan fingerprint density at radius 1 is 0.800 bits per heavy atom. The van der Waals surface area contributed by atoms with Crippen LogP contribution in [0.4, 0.5) is 5.82 Å². The number of imidazole rings is 1. The molecular weight excluding hydrogens is 454 g/mol. The number of aromatic hydroxyl groups is 1. The van der Waals surface area contributed by atoms with E-state index in [1.807, 2.05) is 84.9 Å². The number of fused-ring (bicyclic) bond motifs is 2. The van der Waals surface area contributed by atoms with Crippen molar-refractivity contribution in [3.05, 3.63) is 120 Å². The number of rotatable bonds is 5. The van der Waals surface area contributed by atoms with Crippen LogP contribution in [0.3, 0.4) is 0 Å². The second-order valence-corrected chi connectivity index (χ2v) is 8.88. The van der Waals surface area contributed by atoms with Crippen LogP contribution >= 0.6 is 11.6 Å². The zero-order valence-electron chi connectivity index (χ0n) is 18.8. The zero-order chi connectivity index (χ0) is 23.8. The quantitative estimate of drug-likeness (QED) is 0.267. The molecule has 170 valence electrons. The molecule has 0 aliphatic heterocycles. The Hall–Kier alpha value is -4.28. The predicted octanol–water partition coefficient (Wildman–Crippen LogP) is 7.79. The third-order valence-electron chi connectivity index (χ3n) is 6.21. The van der Waals surface area contributed by atoms with Crippen LogP contribution in [0.15, 0.2) is 109 Å². The molecule has 0 atom stereocenters. The summed E-state index contributed by atoms with van der Waals surface area (Å²) in [5.41, 5.74) is 5.28. The molecule has 2 heterocycles. The molecule has 0 unspecified atom stereocenters. The van der Waals surface area contributed by atoms with Crippen LogP contribution in [0.25, 0.3) is 38.9 Å². The Labute approximate surface area is 208 Å². The fraction of sp³-hybridized carbons (Fsp3) is 0.0333. The molecule has 6 rings (SSSR count). The molecular formula is C30H22ClN3O. The third kappa shape index (κ3) is 3.88. The van der Waals surface area contributed by atoms with Crippen LogP contribution in [0.5, 0.6) is 5.75 Å². The lowest BCUT2D eigenvalue weighted by Crippen LogP contribution is -2.05. The van der Waals surface area contributed by atoms with Gasteiger partial charge in [-0.25, -0.2) is 4.98 Å². The molecule has 35 heavy (non-hydrogen) atoms. The maximum Gasteiger partial charge on any atom is 0.139 e. The van der Waals surface area contributed by atoms with Gasteiger partial charge in [0.05, 0.1) is 5.69 Å². The molecule has 0 spiro atoms. The first-order valence-corrected chi connectivity index (χ1v) is 11.8. The minimum absolute atomic E-state index is 0.225. The van der Waals surface area contributed by atoms with Gasteiger partial charge in [-0.3, -0.25) is 4.40 Å². The normalized spacial score (nSPS) is 11.2. The molecule has 0 saturated carbocycles. The highest BCUT2D eigenvalue weighted by molar-refractivity contribution is 6.30. The van der Waals surface area contributed by atoms with Crippen molar-refractivity contribution >= 4 is 33.8 Å². The largest absolute Gasteiger partial charge is 0.507 e. The van der Waals surface area contributed by atoms with Gasteiger partial charge in [0.15, 0.2) is 0 Å². The van der Waals surface area contributed by atoms with Gasteiger partial charge in [-0.2, -0.15) is 0 Å². The van der Waals surface area contributed by atoms with Gasteiger partial charge in [-0.15, -0.1) is 0 Å².